The van der Waals surface area contributed by atoms with E-state index in [9.17, 15) is 5.11 Å². The first-order valence-electron chi connectivity index (χ1n) is 5.01. The van der Waals surface area contributed by atoms with Gasteiger partial charge in [0.1, 0.15) is 0 Å². The molecule has 1 aromatic rings. The molecular formula is C12H16O2. The van der Waals surface area contributed by atoms with Crippen molar-refractivity contribution in [2.24, 2.45) is 5.92 Å². The van der Waals surface area contributed by atoms with E-state index < -0.39 is 0 Å². The number of rotatable bonds is 2. The van der Waals surface area contributed by atoms with Gasteiger partial charge in [-0.15, -0.1) is 0 Å². The van der Waals surface area contributed by atoms with Gasteiger partial charge in [-0.3, -0.25) is 0 Å². The Bertz CT molecular complexity index is 333. The second kappa shape index (κ2) is 3.71. The van der Waals surface area contributed by atoms with Crippen molar-refractivity contribution in [3.8, 4) is 0 Å². The van der Waals surface area contributed by atoms with E-state index in [1.807, 2.05) is 0 Å². The third-order valence-electron chi connectivity index (χ3n) is 2.92. The first-order valence-corrected chi connectivity index (χ1v) is 5.01. The predicted molar refractivity (Wildman–Crippen MR) is 55.0 cm³/mol. The fourth-order valence-corrected chi connectivity index (χ4v) is 2.13. The quantitative estimate of drug-likeness (QED) is 0.777. The molecule has 2 rings (SSSR count). The number of aliphatic hydroxyl groups excluding tert-OH is 1. The van der Waals surface area contributed by atoms with Crippen LogP contribution in [0.1, 0.15) is 29.7 Å². The highest BCUT2D eigenvalue weighted by atomic mass is 16.5. The second-order valence-corrected chi connectivity index (χ2v) is 4.09. The summed E-state index contributed by atoms with van der Waals surface area (Å²) >= 11 is 0. The van der Waals surface area contributed by atoms with Crippen molar-refractivity contribution >= 4 is 0 Å². The van der Waals surface area contributed by atoms with Crippen LogP contribution in [0.15, 0.2) is 18.2 Å². The standard InChI is InChI=1S/C12H16O2/c1-8-5-10-4-3-9(7-14-2)6-11(10)12(8)13/h3-4,6,8,12-13H,5,7H2,1-2H3. The summed E-state index contributed by atoms with van der Waals surface area (Å²) in [6.07, 6.45) is 0.700. The molecule has 0 spiro atoms. The normalized spacial score (nSPS) is 25.1. The van der Waals surface area contributed by atoms with Crippen LogP contribution in [0.2, 0.25) is 0 Å². The molecule has 2 atom stereocenters. The van der Waals surface area contributed by atoms with Crippen LogP contribution in [0.3, 0.4) is 0 Å². The maximum absolute atomic E-state index is 9.90. The van der Waals surface area contributed by atoms with Crippen LogP contribution in [0.4, 0.5) is 0 Å². The SMILES string of the molecule is COCc1ccc2c(c1)C(O)C(C)C2. The molecule has 1 aliphatic carbocycles. The highest BCUT2D eigenvalue weighted by Gasteiger charge is 2.27. The van der Waals surface area contributed by atoms with Crippen molar-refractivity contribution in [1.82, 2.24) is 0 Å². The summed E-state index contributed by atoms with van der Waals surface area (Å²) < 4.78 is 5.07. The lowest BCUT2D eigenvalue weighted by molar-refractivity contribution is 0.132. The van der Waals surface area contributed by atoms with Gasteiger partial charge in [-0.2, -0.15) is 0 Å². The van der Waals surface area contributed by atoms with Crippen molar-refractivity contribution in [3.63, 3.8) is 0 Å². The molecule has 1 aromatic carbocycles. The number of methoxy groups -OCH3 is 1. The Kier molecular flexibility index (Phi) is 2.57. The van der Waals surface area contributed by atoms with Gasteiger partial charge in [0.25, 0.3) is 0 Å². The molecule has 0 aromatic heterocycles. The monoisotopic (exact) mass is 192 g/mol. The van der Waals surface area contributed by atoms with Crippen molar-refractivity contribution < 1.29 is 9.84 Å². The molecule has 1 N–H and O–H groups in total. The molecule has 2 unspecified atom stereocenters. The minimum atomic E-state index is -0.290. The van der Waals surface area contributed by atoms with Gasteiger partial charge in [0.15, 0.2) is 0 Å². The van der Waals surface area contributed by atoms with Gasteiger partial charge in [-0.05, 0) is 29.0 Å². The molecule has 0 heterocycles. The molecule has 0 saturated carbocycles. The van der Waals surface area contributed by atoms with Gasteiger partial charge >= 0.3 is 0 Å². The lowest BCUT2D eigenvalue weighted by Gasteiger charge is -2.09. The van der Waals surface area contributed by atoms with E-state index in [4.69, 9.17) is 4.74 Å². The zero-order valence-corrected chi connectivity index (χ0v) is 8.66. The third-order valence-corrected chi connectivity index (χ3v) is 2.92. The fraction of sp³-hybridized carbons (Fsp3) is 0.500. The molecule has 0 saturated heterocycles. The smallest absolute Gasteiger partial charge is 0.0821 e. The second-order valence-electron chi connectivity index (χ2n) is 4.09. The molecular weight excluding hydrogens is 176 g/mol. The largest absolute Gasteiger partial charge is 0.388 e. The van der Waals surface area contributed by atoms with Crippen LogP contribution >= 0.6 is 0 Å². The van der Waals surface area contributed by atoms with E-state index in [0.717, 1.165) is 17.5 Å². The molecule has 0 amide bonds. The van der Waals surface area contributed by atoms with Crippen LogP contribution in [0.25, 0.3) is 0 Å². The minimum Gasteiger partial charge on any atom is -0.388 e. The maximum Gasteiger partial charge on any atom is 0.0821 e. The Labute approximate surface area is 84.5 Å². The number of ether oxygens (including phenoxy) is 1. The zero-order chi connectivity index (χ0) is 10.1. The van der Waals surface area contributed by atoms with Crippen LogP contribution < -0.4 is 0 Å². The topological polar surface area (TPSA) is 29.5 Å². The van der Waals surface area contributed by atoms with Crippen molar-refractivity contribution in [3.05, 3.63) is 34.9 Å². The number of hydrogen-bond donors (Lipinski definition) is 1. The van der Waals surface area contributed by atoms with Gasteiger partial charge in [0.2, 0.25) is 0 Å². The number of fused-ring (bicyclic) bond motifs is 1. The first kappa shape index (κ1) is 9.69. The summed E-state index contributed by atoms with van der Waals surface area (Å²) in [5.41, 5.74) is 3.51. The van der Waals surface area contributed by atoms with Gasteiger partial charge in [0, 0.05) is 7.11 Å². The van der Waals surface area contributed by atoms with E-state index in [1.165, 1.54) is 5.56 Å². The molecule has 1 aliphatic rings. The van der Waals surface area contributed by atoms with Crippen LogP contribution in [-0.4, -0.2) is 12.2 Å². The van der Waals surface area contributed by atoms with E-state index in [-0.39, 0.29) is 6.10 Å². The molecule has 0 aliphatic heterocycles. The van der Waals surface area contributed by atoms with Crippen LogP contribution in [0, 0.1) is 5.92 Å². The molecule has 0 radical (unpaired) electrons. The summed E-state index contributed by atoms with van der Waals surface area (Å²) in [4.78, 5) is 0. The zero-order valence-electron chi connectivity index (χ0n) is 8.66. The number of benzene rings is 1. The summed E-state index contributed by atoms with van der Waals surface area (Å²) in [6, 6.07) is 6.25. The summed E-state index contributed by atoms with van der Waals surface area (Å²) in [5.74, 6) is 0.350. The van der Waals surface area contributed by atoms with E-state index in [2.05, 4.69) is 25.1 Å². The molecule has 2 nitrogen and oxygen atoms in total. The third kappa shape index (κ3) is 1.56. The van der Waals surface area contributed by atoms with Gasteiger partial charge in [-0.1, -0.05) is 25.1 Å². The van der Waals surface area contributed by atoms with Gasteiger partial charge < -0.3 is 9.84 Å². The van der Waals surface area contributed by atoms with Crippen LogP contribution in [-0.2, 0) is 17.8 Å². The molecule has 0 fully saturated rings. The maximum atomic E-state index is 9.90. The van der Waals surface area contributed by atoms with Crippen molar-refractivity contribution in [2.45, 2.75) is 26.1 Å². The Hall–Kier alpha value is -0.860. The lowest BCUT2D eigenvalue weighted by atomic mass is 10.0. The average Bonchev–Trinajstić information content (AvgIpc) is 2.45. The lowest BCUT2D eigenvalue weighted by Crippen LogP contribution is -2.01. The Balaban J connectivity index is 2.31. The summed E-state index contributed by atoms with van der Waals surface area (Å²) in [6.45, 7) is 2.70. The highest BCUT2D eigenvalue weighted by molar-refractivity contribution is 5.37. The molecule has 76 valence electrons. The molecule has 14 heavy (non-hydrogen) atoms. The van der Waals surface area contributed by atoms with Crippen molar-refractivity contribution in [1.29, 1.82) is 0 Å². The van der Waals surface area contributed by atoms with Crippen molar-refractivity contribution in [2.75, 3.05) is 7.11 Å². The fourth-order valence-electron chi connectivity index (χ4n) is 2.13. The molecule has 2 heteroatoms. The Morgan fingerprint density at radius 2 is 2.29 bits per heavy atom. The molecule has 0 bridgehead atoms. The Morgan fingerprint density at radius 3 is 3.00 bits per heavy atom. The first-order chi connectivity index (χ1) is 6.72. The van der Waals surface area contributed by atoms with E-state index in [0.29, 0.717) is 12.5 Å². The Morgan fingerprint density at radius 1 is 1.50 bits per heavy atom. The summed E-state index contributed by atoms with van der Waals surface area (Å²) in [7, 11) is 1.69. The number of hydrogen-bond acceptors (Lipinski definition) is 2. The van der Waals surface area contributed by atoms with Crippen LogP contribution in [0.5, 0.6) is 0 Å². The van der Waals surface area contributed by atoms with Gasteiger partial charge in [-0.25, -0.2) is 0 Å². The van der Waals surface area contributed by atoms with Gasteiger partial charge in [0.05, 0.1) is 12.7 Å². The minimum absolute atomic E-state index is 0.290. The van der Waals surface area contributed by atoms with E-state index >= 15 is 0 Å². The predicted octanol–water partition coefficient (Wildman–Crippen LogP) is 2.06. The van der Waals surface area contributed by atoms with E-state index in [1.54, 1.807) is 7.11 Å². The highest BCUT2D eigenvalue weighted by Crippen LogP contribution is 2.36. The summed E-state index contributed by atoms with van der Waals surface area (Å²) in [5, 5.41) is 9.90. The average molecular weight is 192 g/mol. The number of aliphatic hydroxyl groups is 1.